The Morgan fingerprint density at radius 1 is 1.04 bits per heavy atom. The highest BCUT2D eigenvalue weighted by Gasteiger charge is 2.32. The third-order valence-electron chi connectivity index (χ3n) is 5.16. The van der Waals surface area contributed by atoms with E-state index in [9.17, 15) is 4.79 Å². The van der Waals surface area contributed by atoms with Crippen LogP contribution in [-0.2, 0) is 4.79 Å². The molecule has 2 atom stereocenters. The molecule has 0 aromatic heterocycles. The maximum Gasteiger partial charge on any atom is 0.227 e. The average molecular weight is 351 g/mol. The molecule has 26 heavy (non-hydrogen) atoms. The number of unbranched alkanes of at least 4 members (excludes halogenated alkanes) is 3. The second-order valence-corrected chi connectivity index (χ2v) is 7.29. The van der Waals surface area contributed by atoms with Crippen LogP contribution in [0.15, 0.2) is 54.6 Å². The Hall–Kier alpha value is -2.29. The summed E-state index contributed by atoms with van der Waals surface area (Å²) in [6.45, 7) is 4.39. The van der Waals surface area contributed by atoms with Crippen molar-refractivity contribution in [1.82, 2.24) is 0 Å². The predicted molar refractivity (Wildman–Crippen MR) is 110 cm³/mol. The van der Waals surface area contributed by atoms with Gasteiger partial charge < -0.3 is 10.2 Å². The van der Waals surface area contributed by atoms with Crippen LogP contribution < -0.4 is 10.2 Å². The van der Waals surface area contributed by atoms with Crippen molar-refractivity contribution in [2.24, 2.45) is 0 Å². The van der Waals surface area contributed by atoms with Crippen LogP contribution in [-0.4, -0.2) is 11.9 Å². The number of para-hydroxylation sites is 2. The molecule has 2 aromatic rings. The van der Waals surface area contributed by atoms with E-state index in [2.05, 4.69) is 55.6 Å². The smallest absolute Gasteiger partial charge is 0.227 e. The lowest BCUT2D eigenvalue weighted by atomic mass is 9.91. The topological polar surface area (TPSA) is 32.3 Å². The summed E-state index contributed by atoms with van der Waals surface area (Å²) in [5.41, 5.74) is 3.37. The molecule has 2 aromatic carbocycles. The maximum absolute atomic E-state index is 13.2. The van der Waals surface area contributed by atoms with Crippen LogP contribution in [0.25, 0.3) is 0 Å². The van der Waals surface area contributed by atoms with Crippen molar-refractivity contribution in [2.45, 2.75) is 64.5 Å². The molecule has 138 valence electrons. The Labute approximate surface area is 157 Å². The second-order valence-electron chi connectivity index (χ2n) is 7.29. The number of hydrogen-bond acceptors (Lipinski definition) is 2. The first kappa shape index (κ1) is 18.5. The van der Waals surface area contributed by atoms with Gasteiger partial charge in [0.25, 0.3) is 0 Å². The fraction of sp³-hybridized carbons (Fsp3) is 0.435. The second kappa shape index (κ2) is 8.88. The van der Waals surface area contributed by atoms with E-state index >= 15 is 0 Å². The maximum atomic E-state index is 13.2. The fourth-order valence-corrected chi connectivity index (χ4v) is 3.86. The molecule has 0 radical (unpaired) electrons. The minimum atomic E-state index is 0.0866. The quantitative estimate of drug-likeness (QED) is 0.627. The van der Waals surface area contributed by atoms with Crippen molar-refractivity contribution in [2.75, 3.05) is 10.2 Å². The number of carbonyl (C=O) groups excluding carboxylic acids is 1. The SMILES string of the molecule is CCCCCCC(=O)N(c1ccccc1)C1CC(C)Nc2ccccc21. The standard InChI is InChI=1S/C23H30N2O/c1-3-4-5-9-16-23(26)25(19-12-7-6-8-13-19)22-17-18(2)24-21-15-11-10-14-20(21)22/h6-8,10-15,18,22,24H,3-5,9,16-17H2,1-2H3. The Kier molecular flexibility index (Phi) is 6.32. The number of rotatable bonds is 7. The molecule has 3 heteroatoms. The van der Waals surface area contributed by atoms with Crippen molar-refractivity contribution in [3.05, 3.63) is 60.2 Å². The van der Waals surface area contributed by atoms with Crippen LogP contribution in [0.1, 0.15) is 64.0 Å². The number of nitrogens with zero attached hydrogens (tertiary/aromatic N) is 1. The van der Waals surface area contributed by atoms with Crippen LogP contribution >= 0.6 is 0 Å². The molecule has 1 N–H and O–H groups in total. The normalized spacial score (nSPS) is 18.7. The highest BCUT2D eigenvalue weighted by atomic mass is 16.2. The number of nitrogens with one attached hydrogen (secondary N) is 1. The number of hydrogen-bond donors (Lipinski definition) is 1. The molecular formula is C23H30N2O. The van der Waals surface area contributed by atoms with E-state index in [1.807, 2.05) is 23.1 Å². The van der Waals surface area contributed by atoms with E-state index in [0.717, 1.165) is 30.6 Å². The van der Waals surface area contributed by atoms with Crippen molar-refractivity contribution in [3.8, 4) is 0 Å². The van der Waals surface area contributed by atoms with Gasteiger partial charge in [-0.05, 0) is 43.5 Å². The molecule has 1 amide bonds. The molecule has 0 bridgehead atoms. The van der Waals surface area contributed by atoms with Gasteiger partial charge in [-0.15, -0.1) is 0 Å². The summed E-state index contributed by atoms with van der Waals surface area (Å²) in [5, 5.41) is 3.56. The molecule has 3 rings (SSSR count). The van der Waals surface area contributed by atoms with Crippen LogP contribution in [0.5, 0.6) is 0 Å². The molecule has 1 aliphatic heterocycles. The third-order valence-corrected chi connectivity index (χ3v) is 5.16. The van der Waals surface area contributed by atoms with Gasteiger partial charge in [0.05, 0.1) is 6.04 Å². The van der Waals surface area contributed by atoms with Gasteiger partial charge in [0, 0.05) is 23.8 Å². The van der Waals surface area contributed by atoms with Gasteiger partial charge in [0.2, 0.25) is 5.91 Å². The predicted octanol–water partition coefficient (Wildman–Crippen LogP) is 5.94. The zero-order valence-electron chi connectivity index (χ0n) is 15.9. The summed E-state index contributed by atoms with van der Waals surface area (Å²) in [4.78, 5) is 15.3. The zero-order chi connectivity index (χ0) is 18.4. The first-order valence-corrected chi connectivity index (χ1v) is 9.93. The van der Waals surface area contributed by atoms with Crippen molar-refractivity contribution in [3.63, 3.8) is 0 Å². The lowest BCUT2D eigenvalue weighted by molar-refractivity contribution is -0.119. The largest absolute Gasteiger partial charge is 0.382 e. The van der Waals surface area contributed by atoms with E-state index < -0.39 is 0 Å². The first-order chi connectivity index (χ1) is 12.7. The van der Waals surface area contributed by atoms with Gasteiger partial charge in [-0.2, -0.15) is 0 Å². The summed E-state index contributed by atoms with van der Waals surface area (Å²) in [6.07, 6.45) is 6.03. The van der Waals surface area contributed by atoms with Crippen molar-refractivity contribution in [1.29, 1.82) is 0 Å². The highest BCUT2D eigenvalue weighted by Crippen LogP contribution is 2.39. The van der Waals surface area contributed by atoms with Gasteiger partial charge in [-0.1, -0.05) is 62.6 Å². The Balaban J connectivity index is 1.90. The van der Waals surface area contributed by atoms with Gasteiger partial charge in [-0.25, -0.2) is 0 Å². The molecule has 1 heterocycles. The number of fused-ring (bicyclic) bond motifs is 1. The number of anilines is 2. The minimum Gasteiger partial charge on any atom is -0.382 e. The molecule has 0 spiro atoms. The van der Waals surface area contributed by atoms with E-state index in [0.29, 0.717) is 12.5 Å². The monoisotopic (exact) mass is 350 g/mol. The van der Waals surface area contributed by atoms with Gasteiger partial charge >= 0.3 is 0 Å². The lowest BCUT2D eigenvalue weighted by Crippen LogP contribution is -2.40. The minimum absolute atomic E-state index is 0.0866. The third kappa shape index (κ3) is 4.27. The zero-order valence-corrected chi connectivity index (χ0v) is 15.9. The molecule has 1 aliphatic rings. The van der Waals surface area contributed by atoms with Crippen molar-refractivity contribution >= 4 is 17.3 Å². The number of carbonyl (C=O) groups is 1. The van der Waals surface area contributed by atoms with E-state index in [1.165, 1.54) is 18.4 Å². The molecular weight excluding hydrogens is 320 g/mol. The Morgan fingerprint density at radius 2 is 1.77 bits per heavy atom. The molecule has 3 nitrogen and oxygen atoms in total. The highest BCUT2D eigenvalue weighted by molar-refractivity contribution is 5.94. The molecule has 0 saturated carbocycles. The van der Waals surface area contributed by atoms with Gasteiger partial charge in [0.15, 0.2) is 0 Å². The Bertz CT molecular complexity index is 713. The average Bonchev–Trinajstić information content (AvgIpc) is 2.66. The van der Waals surface area contributed by atoms with Crippen LogP contribution in [0.2, 0.25) is 0 Å². The van der Waals surface area contributed by atoms with Crippen molar-refractivity contribution < 1.29 is 4.79 Å². The molecule has 2 unspecified atom stereocenters. The van der Waals surface area contributed by atoms with E-state index in [4.69, 9.17) is 0 Å². The van der Waals surface area contributed by atoms with Crippen LogP contribution in [0, 0.1) is 0 Å². The van der Waals surface area contributed by atoms with E-state index in [-0.39, 0.29) is 11.9 Å². The van der Waals surface area contributed by atoms with Gasteiger partial charge in [-0.3, -0.25) is 4.79 Å². The molecule has 0 fully saturated rings. The first-order valence-electron chi connectivity index (χ1n) is 9.93. The van der Waals surface area contributed by atoms with Gasteiger partial charge in [0.1, 0.15) is 0 Å². The van der Waals surface area contributed by atoms with Crippen LogP contribution in [0.3, 0.4) is 0 Å². The Morgan fingerprint density at radius 3 is 2.54 bits per heavy atom. The molecule has 0 saturated heterocycles. The van der Waals surface area contributed by atoms with E-state index in [1.54, 1.807) is 0 Å². The number of benzene rings is 2. The summed E-state index contributed by atoms with van der Waals surface area (Å²) >= 11 is 0. The van der Waals surface area contributed by atoms with Crippen LogP contribution in [0.4, 0.5) is 11.4 Å². The lowest BCUT2D eigenvalue weighted by Gasteiger charge is -2.39. The summed E-state index contributed by atoms with van der Waals surface area (Å²) in [7, 11) is 0. The summed E-state index contributed by atoms with van der Waals surface area (Å²) in [6, 6.07) is 19.0. The summed E-state index contributed by atoms with van der Waals surface area (Å²) < 4.78 is 0. The summed E-state index contributed by atoms with van der Waals surface area (Å²) in [5.74, 6) is 0.237. The number of amides is 1. The fourth-order valence-electron chi connectivity index (χ4n) is 3.86. The molecule has 0 aliphatic carbocycles.